The number of hydrogen-bond donors (Lipinski definition) is 0. The van der Waals surface area contributed by atoms with E-state index >= 15 is 0 Å². The highest BCUT2D eigenvalue weighted by molar-refractivity contribution is 7.90. The van der Waals surface area contributed by atoms with Gasteiger partial charge in [-0.2, -0.15) is 4.68 Å². The van der Waals surface area contributed by atoms with Crippen LogP contribution in [0.3, 0.4) is 0 Å². The van der Waals surface area contributed by atoms with E-state index in [4.69, 9.17) is 4.74 Å². The van der Waals surface area contributed by atoms with Crippen molar-refractivity contribution in [2.75, 3.05) is 6.26 Å². The van der Waals surface area contributed by atoms with E-state index in [0.29, 0.717) is 24.5 Å². The molecular formula is C15H17N7O4S. The highest BCUT2D eigenvalue weighted by Crippen LogP contribution is 2.14. The summed E-state index contributed by atoms with van der Waals surface area (Å²) in [4.78, 5) is 12.1. The van der Waals surface area contributed by atoms with Gasteiger partial charge >= 0.3 is 5.97 Å². The summed E-state index contributed by atoms with van der Waals surface area (Å²) < 4.78 is 31.3. The zero-order chi connectivity index (χ0) is 19.3. The molecule has 2 aromatic heterocycles. The van der Waals surface area contributed by atoms with Gasteiger partial charge in [-0.05, 0) is 41.1 Å². The van der Waals surface area contributed by atoms with Crippen molar-refractivity contribution in [3.05, 3.63) is 42.5 Å². The third-order valence-corrected chi connectivity index (χ3v) is 4.77. The molecular weight excluding hydrogens is 374 g/mol. The van der Waals surface area contributed by atoms with Gasteiger partial charge in [0, 0.05) is 25.4 Å². The minimum atomic E-state index is -3.29. The first-order chi connectivity index (χ1) is 12.9. The lowest BCUT2D eigenvalue weighted by Gasteiger charge is -2.07. The molecule has 27 heavy (non-hydrogen) atoms. The SMILES string of the molecule is CS(=O)(=O)c1ccc(-n2nnnc2COC(=O)CCCn2ccnn2)cc1. The van der Waals surface area contributed by atoms with Crippen LogP contribution in [0.25, 0.3) is 5.69 Å². The van der Waals surface area contributed by atoms with Crippen LogP contribution in [0.2, 0.25) is 0 Å². The van der Waals surface area contributed by atoms with Crippen LogP contribution in [-0.4, -0.2) is 55.8 Å². The van der Waals surface area contributed by atoms with E-state index in [1.807, 2.05) is 0 Å². The van der Waals surface area contributed by atoms with Crippen molar-refractivity contribution in [3.8, 4) is 5.69 Å². The standard InChI is InChI=1S/C15H17N7O4S/c1-27(24,25)13-6-4-12(5-7-13)22-14(17-18-20-22)11-26-15(23)3-2-9-21-10-8-16-19-21/h4-8,10H,2-3,9,11H2,1H3. The normalized spacial score (nSPS) is 11.4. The molecule has 0 aliphatic rings. The Morgan fingerprint density at radius 3 is 2.63 bits per heavy atom. The number of hydrogen-bond acceptors (Lipinski definition) is 9. The summed E-state index contributed by atoms with van der Waals surface area (Å²) in [5.74, 6) is -0.0520. The summed E-state index contributed by atoms with van der Waals surface area (Å²) in [5, 5.41) is 18.8. The Labute approximate surface area is 154 Å². The molecule has 3 aromatic rings. The number of aromatic nitrogens is 7. The molecule has 12 heteroatoms. The summed E-state index contributed by atoms with van der Waals surface area (Å²) in [6.45, 7) is 0.475. The molecule has 142 valence electrons. The van der Waals surface area contributed by atoms with Crippen molar-refractivity contribution in [2.45, 2.75) is 30.9 Å². The fraction of sp³-hybridized carbons (Fsp3) is 0.333. The Hall–Kier alpha value is -3.15. The molecule has 0 spiro atoms. The average Bonchev–Trinajstić information content (AvgIpc) is 3.31. The molecule has 0 amide bonds. The van der Waals surface area contributed by atoms with E-state index in [9.17, 15) is 13.2 Å². The topological polar surface area (TPSA) is 135 Å². The van der Waals surface area contributed by atoms with Crippen molar-refractivity contribution in [2.24, 2.45) is 0 Å². The van der Waals surface area contributed by atoms with Gasteiger partial charge in [0.15, 0.2) is 22.3 Å². The summed E-state index contributed by atoms with van der Waals surface area (Å²) in [6.07, 6.45) is 5.21. The molecule has 0 fully saturated rings. The lowest BCUT2D eigenvalue weighted by atomic mass is 10.3. The lowest BCUT2D eigenvalue weighted by molar-refractivity contribution is -0.145. The van der Waals surface area contributed by atoms with E-state index < -0.39 is 9.84 Å². The van der Waals surface area contributed by atoms with E-state index in [1.54, 1.807) is 29.2 Å². The summed E-state index contributed by atoms with van der Waals surface area (Å²) >= 11 is 0. The number of esters is 1. The predicted molar refractivity (Wildman–Crippen MR) is 91.3 cm³/mol. The van der Waals surface area contributed by atoms with Crippen molar-refractivity contribution in [1.82, 2.24) is 35.2 Å². The number of sulfone groups is 1. The van der Waals surface area contributed by atoms with Gasteiger partial charge in [0.25, 0.3) is 0 Å². The van der Waals surface area contributed by atoms with Crippen molar-refractivity contribution in [1.29, 1.82) is 0 Å². The number of benzene rings is 1. The lowest BCUT2D eigenvalue weighted by Crippen LogP contribution is -2.11. The van der Waals surface area contributed by atoms with E-state index in [1.165, 1.54) is 16.8 Å². The Morgan fingerprint density at radius 1 is 1.19 bits per heavy atom. The first-order valence-electron chi connectivity index (χ1n) is 8.01. The van der Waals surface area contributed by atoms with Crippen LogP contribution in [-0.2, 0) is 32.5 Å². The van der Waals surface area contributed by atoms with Crippen LogP contribution in [0.15, 0.2) is 41.6 Å². The number of rotatable bonds is 8. The fourth-order valence-electron chi connectivity index (χ4n) is 2.29. The van der Waals surface area contributed by atoms with Gasteiger partial charge in [-0.3, -0.25) is 9.48 Å². The molecule has 1 aromatic carbocycles. The van der Waals surface area contributed by atoms with E-state index in [2.05, 4.69) is 25.8 Å². The smallest absolute Gasteiger partial charge is 0.306 e. The molecule has 0 radical (unpaired) electrons. The van der Waals surface area contributed by atoms with Gasteiger partial charge in [-0.25, -0.2) is 8.42 Å². The molecule has 0 saturated heterocycles. The van der Waals surface area contributed by atoms with Crippen molar-refractivity contribution in [3.63, 3.8) is 0 Å². The summed E-state index contributed by atoms with van der Waals surface area (Å²) in [7, 11) is -3.29. The maximum atomic E-state index is 11.9. The maximum Gasteiger partial charge on any atom is 0.306 e. The van der Waals surface area contributed by atoms with Crippen LogP contribution in [0.5, 0.6) is 0 Å². The number of carbonyl (C=O) groups is 1. The second-order valence-corrected chi connectivity index (χ2v) is 7.72. The van der Waals surface area contributed by atoms with Crippen molar-refractivity contribution < 1.29 is 17.9 Å². The van der Waals surface area contributed by atoms with Crippen molar-refractivity contribution >= 4 is 15.8 Å². The quantitative estimate of drug-likeness (QED) is 0.493. The Bertz CT molecular complexity index is 997. The monoisotopic (exact) mass is 391 g/mol. The molecule has 0 atom stereocenters. The fourth-order valence-corrected chi connectivity index (χ4v) is 2.92. The first kappa shape index (κ1) is 18.6. The maximum absolute atomic E-state index is 11.9. The molecule has 0 unspecified atom stereocenters. The number of tetrazole rings is 1. The van der Waals surface area contributed by atoms with Crippen LogP contribution in [0.1, 0.15) is 18.7 Å². The van der Waals surface area contributed by atoms with Gasteiger partial charge < -0.3 is 4.74 Å². The van der Waals surface area contributed by atoms with Crippen LogP contribution < -0.4 is 0 Å². The molecule has 0 bridgehead atoms. The third-order valence-electron chi connectivity index (χ3n) is 3.65. The minimum Gasteiger partial charge on any atom is -0.457 e. The first-order valence-corrected chi connectivity index (χ1v) is 9.90. The second kappa shape index (κ2) is 8.03. The molecule has 0 N–H and O–H groups in total. The molecule has 0 aliphatic carbocycles. The summed E-state index contributed by atoms with van der Waals surface area (Å²) in [6, 6.07) is 6.09. The number of ether oxygens (including phenoxy) is 1. The minimum absolute atomic E-state index is 0.0943. The summed E-state index contributed by atoms with van der Waals surface area (Å²) in [5.41, 5.74) is 0.560. The van der Waals surface area contributed by atoms with Gasteiger partial charge in [0.2, 0.25) is 0 Å². The molecule has 2 heterocycles. The van der Waals surface area contributed by atoms with E-state index in [-0.39, 0.29) is 23.9 Å². The van der Waals surface area contributed by atoms with Gasteiger partial charge in [-0.1, -0.05) is 5.21 Å². The highest BCUT2D eigenvalue weighted by atomic mass is 32.2. The van der Waals surface area contributed by atoms with E-state index in [0.717, 1.165) is 6.26 Å². The Kier molecular flexibility index (Phi) is 5.54. The highest BCUT2D eigenvalue weighted by Gasteiger charge is 2.13. The third kappa shape index (κ3) is 4.94. The second-order valence-electron chi connectivity index (χ2n) is 5.70. The number of aryl methyl sites for hydroxylation is 1. The van der Waals surface area contributed by atoms with Crippen LogP contribution in [0, 0.1) is 0 Å². The zero-order valence-corrected chi connectivity index (χ0v) is 15.3. The Balaban J connectivity index is 1.56. The number of carbonyl (C=O) groups excluding carboxylic acids is 1. The van der Waals surface area contributed by atoms with Gasteiger partial charge in [0.1, 0.15) is 0 Å². The van der Waals surface area contributed by atoms with Gasteiger partial charge in [-0.15, -0.1) is 10.2 Å². The Morgan fingerprint density at radius 2 is 1.96 bits per heavy atom. The zero-order valence-electron chi connectivity index (χ0n) is 14.5. The molecule has 0 saturated carbocycles. The molecule has 0 aliphatic heterocycles. The van der Waals surface area contributed by atoms with Gasteiger partial charge in [0.05, 0.1) is 16.8 Å². The van der Waals surface area contributed by atoms with Crippen LogP contribution >= 0.6 is 0 Å². The predicted octanol–water partition coefficient (Wildman–Crippen LogP) is 0.181. The number of nitrogens with zero attached hydrogens (tertiary/aromatic N) is 7. The molecule has 11 nitrogen and oxygen atoms in total. The molecule has 3 rings (SSSR count). The largest absolute Gasteiger partial charge is 0.457 e. The average molecular weight is 391 g/mol. The van der Waals surface area contributed by atoms with Crippen LogP contribution in [0.4, 0.5) is 0 Å².